The summed E-state index contributed by atoms with van der Waals surface area (Å²) in [4.78, 5) is 12.3. The number of halogens is 1. The van der Waals surface area contributed by atoms with Crippen molar-refractivity contribution in [1.82, 2.24) is 5.32 Å². The number of hydrogen-bond acceptors (Lipinski definition) is 4. The largest absolute Gasteiger partial charge is 0.490 e. The van der Waals surface area contributed by atoms with Crippen molar-refractivity contribution in [2.45, 2.75) is 53.0 Å². The van der Waals surface area contributed by atoms with E-state index in [4.69, 9.17) is 9.47 Å². The minimum absolute atomic E-state index is 0.0957. The predicted molar refractivity (Wildman–Crippen MR) is 126 cm³/mol. The normalized spacial score (nSPS) is 10.7. The zero-order valence-electron chi connectivity index (χ0n) is 18.2. The van der Waals surface area contributed by atoms with Crippen molar-refractivity contribution < 1.29 is 14.3 Å². The number of benzene rings is 2. The molecule has 2 aromatic carbocycles. The smallest absolute Gasteiger partial charge is 0.262 e. The SMILES string of the molecule is CCCCCCNCc1cc(Br)c(OCC(=O)Nc2ccc(C)cc2)c(OCC)c1. The lowest BCUT2D eigenvalue weighted by atomic mass is 10.2. The van der Waals surface area contributed by atoms with E-state index in [2.05, 4.69) is 33.5 Å². The van der Waals surface area contributed by atoms with Gasteiger partial charge in [-0.15, -0.1) is 0 Å². The first-order valence-electron chi connectivity index (χ1n) is 10.7. The second-order valence-electron chi connectivity index (χ2n) is 7.28. The van der Waals surface area contributed by atoms with Crippen LogP contribution in [0.1, 0.15) is 50.7 Å². The molecule has 0 unspecified atom stereocenters. The van der Waals surface area contributed by atoms with Crippen LogP contribution in [0.15, 0.2) is 40.9 Å². The summed E-state index contributed by atoms with van der Waals surface area (Å²) in [5, 5.41) is 6.32. The van der Waals surface area contributed by atoms with Gasteiger partial charge in [0.15, 0.2) is 18.1 Å². The van der Waals surface area contributed by atoms with E-state index in [9.17, 15) is 4.79 Å². The van der Waals surface area contributed by atoms with Gasteiger partial charge in [-0.25, -0.2) is 0 Å². The van der Waals surface area contributed by atoms with Crippen LogP contribution in [-0.2, 0) is 11.3 Å². The van der Waals surface area contributed by atoms with Crippen LogP contribution >= 0.6 is 15.9 Å². The zero-order chi connectivity index (χ0) is 21.8. The summed E-state index contributed by atoms with van der Waals surface area (Å²) in [5.74, 6) is 0.964. The number of carbonyl (C=O) groups is 1. The summed E-state index contributed by atoms with van der Waals surface area (Å²) in [6, 6.07) is 11.6. The van der Waals surface area contributed by atoms with E-state index in [0.29, 0.717) is 18.1 Å². The minimum atomic E-state index is -0.217. The molecule has 0 saturated carbocycles. The highest BCUT2D eigenvalue weighted by atomic mass is 79.9. The second kappa shape index (κ2) is 13.3. The predicted octanol–water partition coefficient (Wildman–Crippen LogP) is 5.84. The Bertz CT molecular complexity index is 794. The number of carbonyl (C=O) groups excluding carboxylic acids is 1. The van der Waals surface area contributed by atoms with Crippen molar-refractivity contribution in [2.75, 3.05) is 25.1 Å². The Balaban J connectivity index is 1.93. The van der Waals surface area contributed by atoms with Crippen LogP contribution in [0.5, 0.6) is 11.5 Å². The third-order valence-electron chi connectivity index (χ3n) is 4.59. The summed E-state index contributed by atoms with van der Waals surface area (Å²) in [6.07, 6.45) is 4.97. The van der Waals surface area contributed by atoms with E-state index in [1.54, 1.807) is 0 Å². The molecule has 164 valence electrons. The molecule has 0 aromatic heterocycles. The van der Waals surface area contributed by atoms with Gasteiger partial charge >= 0.3 is 0 Å². The van der Waals surface area contributed by atoms with Crippen molar-refractivity contribution in [1.29, 1.82) is 0 Å². The van der Waals surface area contributed by atoms with Crippen molar-refractivity contribution in [3.63, 3.8) is 0 Å². The van der Waals surface area contributed by atoms with Gasteiger partial charge < -0.3 is 20.1 Å². The Morgan fingerprint density at radius 3 is 2.50 bits per heavy atom. The van der Waals surface area contributed by atoms with Crippen LogP contribution < -0.4 is 20.1 Å². The minimum Gasteiger partial charge on any atom is -0.490 e. The van der Waals surface area contributed by atoms with Gasteiger partial charge in [0.25, 0.3) is 5.91 Å². The molecule has 0 aliphatic heterocycles. The van der Waals surface area contributed by atoms with Gasteiger partial charge in [0.2, 0.25) is 0 Å². The van der Waals surface area contributed by atoms with Crippen LogP contribution in [0.25, 0.3) is 0 Å². The topological polar surface area (TPSA) is 59.6 Å². The van der Waals surface area contributed by atoms with Gasteiger partial charge in [-0.3, -0.25) is 4.79 Å². The van der Waals surface area contributed by atoms with E-state index >= 15 is 0 Å². The maximum Gasteiger partial charge on any atom is 0.262 e. The highest BCUT2D eigenvalue weighted by Crippen LogP contribution is 2.37. The van der Waals surface area contributed by atoms with E-state index in [-0.39, 0.29) is 12.5 Å². The Labute approximate surface area is 188 Å². The highest BCUT2D eigenvalue weighted by Gasteiger charge is 2.14. The number of unbranched alkanes of at least 4 members (excludes halogenated alkanes) is 3. The number of anilines is 1. The van der Waals surface area contributed by atoms with Crippen molar-refractivity contribution in [3.05, 3.63) is 52.0 Å². The van der Waals surface area contributed by atoms with Gasteiger partial charge in [0.1, 0.15) is 0 Å². The molecule has 2 rings (SSSR count). The van der Waals surface area contributed by atoms with Crippen LogP contribution in [0.3, 0.4) is 0 Å². The average molecular weight is 477 g/mol. The fourth-order valence-electron chi connectivity index (χ4n) is 3.01. The molecule has 0 heterocycles. The zero-order valence-corrected chi connectivity index (χ0v) is 19.8. The molecule has 0 saturated heterocycles. The summed E-state index contributed by atoms with van der Waals surface area (Å²) >= 11 is 3.57. The number of ether oxygens (including phenoxy) is 2. The molecular weight excluding hydrogens is 444 g/mol. The summed E-state index contributed by atoms with van der Waals surface area (Å²) in [5.41, 5.74) is 3.00. The maximum atomic E-state index is 12.3. The molecule has 0 spiro atoms. The fraction of sp³-hybridized carbons (Fsp3) is 0.458. The van der Waals surface area contributed by atoms with Crippen LogP contribution in [0, 0.1) is 6.92 Å². The monoisotopic (exact) mass is 476 g/mol. The van der Waals surface area contributed by atoms with Crippen molar-refractivity contribution in [3.8, 4) is 11.5 Å². The highest BCUT2D eigenvalue weighted by molar-refractivity contribution is 9.10. The maximum absolute atomic E-state index is 12.3. The van der Waals surface area contributed by atoms with Gasteiger partial charge in [-0.2, -0.15) is 0 Å². The quantitative estimate of drug-likeness (QED) is 0.356. The molecule has 6 heteroatoms. The van der Waals surface area contributed by atoms with Gasteiger partial charge in [0, 0.05) is 12.2 Å². The van der Waals surface area contributed by atoms with Crippen molar-refractivity contribution >= 4 is 27.5 Å². The lowest BCUT2D eigenvalue weighted by Gasteiger charge is -2.16. The van der Waals surface area contributed by atoms with E-state index in [1.165, 1.54) is 25.7 Å². The summed E-state index contributed by atoms with van der Waals surface area (Å²) < 4.78 is 12.3. The Morgan fingerprint density at radius 1 is 1.03 bits per heavy atom. The van der Waals surface area contributed by atoms with Crippen LogP contribution in [-0.4, -0.2) is 25.7 Å². The molecule has 5 nitrogen and oxygen atoms in total. The number of nitrogens with one attached hydrogen (secondary N) is 2. The second-order valence-corrected chi connectivity index (χ2v) is 8.13. The van der Waals surface area contributed by atoms with Crippen LogP contribution in [0.2, 0.25) is 0 Å². The number of aryl methyl sites for hydroxylation is 1. The van der Waals surface area contributed by atoms with E-state index < -0.39 is 0 Å². The summed E-state index contributed by atoms with van der Waals surface area (Å²) in [7, 11) is 0. The number of rotatable bonds is 13. The molecule has 1 amide bonds. The average Bonchev–Trinajstić information content (AvgIpc) is 2.72. The molecule has 0 aliphatic carbocycles. The fourth-order valence-corrected chi connectivity index (χ4v) is 3.61. The molecule has 0 atom stereocenters. The van der Waals surface area contributed by atoms with Crippen molar-refractivity contribution in [2.24, 2.45) is 0 Å². The van der Waals surface area contributed by atoms with E-state index in [0.717, 1.165) is 34.4 Å². The molecule has 0 aliphatic rings. The standard InChI is InChI=1S/C24H33BrN2O3/c1-4-6-7-8-13-26-16-19-14-21(25)24(22(15-19)29-5-2)30-17-23(28)27-20-11-9-18(3)10-12-20/h9-12,14-15,26H,4-8,13,16-17H2,1-3H3,(H,27,28). The van der Waals surface area contributed by atoms with Gasteiger partial charge in [0.05, 0.1) is 11.1 Å². The molecule has 0 radical (unpaired) electrons. The lowest BCUT2D eigenvalue weighted by molar-refractivity contribution is -0.118. The number of amides is 1. The van der Waals surface area contributed by atoms with Gasteiger partial charge in [-0.05, 0) is 72.6 Å². The summed E-state index contributed by atoms with van der Waals surface area (Å²) in [6.45, 7) is 8.34. The molecule has 2 N–H and O–H groups in total. The number of hydrogen-bond donors (Lipinski definition) is 2. The Hall–Kier alpha value is -2.05. The van der Waals surface area contributed by atoms with Crippen LogP contribution in [0.4, 0.5) is 5.69 Å². The first-order valence-corrected chi connectivity index (χ1v) is 11.5. The third-order valence-corrected chi connectivity index (χ3v) is 5.18. The van der Waals surface area contributed by atoms with E-state index in [1.807, 2.05) is 50.2 Å². The Morgan fingerprint density at radius 2 is 1.80 bits per heavy atom. The molecule has 0 bridgehead atoms. The Kier molecular flexibility index (Phi) is 10.7. The first-order chi connectivity index (χ1) is 14.5. The first kappa shape index (κ1) is 24.2. The molecule has 2 aromatic rings. The molecule has 30 heavy (non-hydrogen) atoms. The molecular formula is C24H33BrN2O3. The third kappa shape index (κ3) is 8.36. The van der Waals surface area contributed by atoms with Gasteiger partial charge in [-0.1, -0.05) is 43.9 Å². The molecule has 0 fully saturated rings. The lowest BCUT2D eigenvalue weighted by Crippen LogP contribution is -2.20.